The van der Waals surface area contributed by atoms with Gasteiger partial charge < -0.3 is 4.57 Å². The smallest absolute Gasteiger partial charge is 0.0619 e. The zero-order chi connectivity index (χ0) is 30.2. The third kappa shape index (κ3) is 3.65. The van der Waals surface area contributed by atoms with Crippen LogP contribution in [0.15, 0.2) is 174 Å². The van der Waals surface area contributed by atoms with Crippen molar-refractivity contribution in [1.82, 2.24) is 4.57 Å². The molecule has 0 saturated carbocycles. The molecule has 8 aromatic carbocycles. The van der Waals surface area contributed by atoms with Crippen LogP contribution in [0.3, 0.4) is 0 Å². The van der Waals surface area contributed by atoms with Gasteiger partial charge in [-0.1, -0.05) is 151 Å². The van der Waals surface area contributed by atoms with E-state index < -0.39 is 0 Å². The molecule has 46 heavy (non-hydrogen) atoms. The first-order valence-corrected chi connectivity index (χ1v) is 16.6. The molecule has 0 bridgehead atoms. The maximum atomic E-state index is 2.49. The fraction of sp³-hybridized carbons (Fsp3) is 0. The number of para-hydroxylation sites is 2. The third-order valence-corrected chi connectivity index (χ3v) is 10.7. The van der Waals surface area contributed by atoms with Gasteiger partial charge in [-0.3, -0.25) is 0 Å². The lowest BCUT2D eigenvalue weighted by Crippen LogP contribution is -1.97. The highest BCUT2D eigenvalue weighted by Crippen LogP contribution is 2.51. The first-order valence-electron chi connectivity index (χ1n) is 15.8. The van der Waals surface area contributed by atoms with Crippen molar-refractivity contribution in [1.29, 1.82) is 0 Å². The Hall–Kier alpha value is -5.57. The molecular weight excluding hydrogens is 575 g/mol. The second-order valence-electron chi connectivity index (χ2n) is 12.0. The van der Waals surface area contributed by atoms with Crippen LogP contribution in [0.1, 0.15) is 0 Å². The van der Waals surface area contributed by atoms with Gasteiger partial charge in [-0.2, -0.15) is 0 Å². The van der Waals surface area contributed by atoms with Crippen molar-refractivity contribution in [3.05, 3.63) is 164 Å². The minimum Gasteiger partial charge on any atom is -0.308 e. The third-order valence-electron chi connectivity index (χ3n) is 9.60. The van der Waals surface area contributed by atoms with E-state index in [9.17, 15) is 0 Å². The standard InChI is InChI=1S/C44H27NS/c1-2-13-29(14-3-1)45-43-30-15-5-4-12-28(30)24-25-39(43)38-22-11-21-37(44(38)45)32-17-7-6-16-31(32)33-26-27-41-42-35(33)19-10-20-36(42)34-18-8-9-23-40(34)46-41/h1-27H. The Kier molecular flexibility index (Phi) is 5.58. The van der Waals surface area contributed by atoms with Crippen LogP contribution >= 0.6 is 11.8 Å². The Morgan fingerprint density at radius 3 is 1.83 bits per heavy atom. The molecule has 214 valence electrons. The van der Waals surface area contributed by atoms with E-state index in [2.05, 4.69) is 168 Å². The van der Waals surface area contributed by atoms with Crippen molar-refractivity contribution in [3.63, 3.8) is 0 Å². The van der Waals surface area contributed by atoms with Crippen molar-refractivity contribution in [3.8, 4) is 39.1 Å². The van der Waals surface area contributed by atoms with Crippen LogP contribution < -0.4 is 0 Å². The molecule has 1 nitrogen and oxygen atoms in total. The maximum absolute atomic E-state index is 2.49. The van der Waals surface area contributed by atoms with Crippen molar-refractivity contribution < 1.29 is 0 Å². The van der Waals surface area contributed by atoms with Gasteiger partial charge in [0.1, 0.15) is 0 Å². The molecule has 0 radical (unpaired) electrons. The van der Waals surface area contributed by atoms with Crippen LogP contribution in [-0.2, 0) is 0 Å². The summed E-state index contributed by atoms with van der Waals surface area (Å²) in [6, 6.07) is 60.2. The SMILES string of the molecule is c1ccc(-n2c3c(-c4ccccc4-c4ccc5c6c(cccc46)-c4ccccc4S5)cccc3c3ccc4ccccc4c32)cc1. The Morgan fingerprint density at radius 2 is 0.957 bits per heavy atom. The fourth-order valence-electron chi connectivity index (χ4n) is 7.65. The molecule has 2 heterocycles. The summed E-state index contributed by atoms with van der Waals surface area (Å²) in [6.07, 6.45) is 0. The average Bonchev–Trinajstić information content (AvgIpc) is 3.48. The van der Waals surface area contributed by atoms with Crippen LogP contribution in [-0.4, -0.2) is 4.57 Å². The van der Waals surface area contributed by atoms with Gasteiger partial charge >= 0.3 is 0 Å². The van der Waals surface area contributed by atoms with E-state index >= 15 is 0 Å². The highest BCUT2D eigenvalue weighted by atomic mass is 32.2. The number of hydrogen-bond donors (Lipinski definition) is 0. The lowest BCUT2D eigenvalue weighted by atomic mass is 9.88. The lowest BCUT2D eigenvalue weighted by Gasteiger charge is -2.22. The number of hydrogen-bond acceptors (Lipinski definition) is 1. The van der Waals surface area contributed by atoms with E-state index in [-0.39, 0.29) is 0 Å². The predicted octanol–water partition coefficient (Wildman–Crippen LogP) is 12.6. The molecule has 0 fully saturated rings. The molecule has 0 aliphatic carbocycles. The number of rotatable bonds is 3. The number of nitrogens with zero attached hydrogens (tertiary/aromatic N) is 1. The molecule has 0 spiro atoms. The van der Waals surface area contributed by atoms with Crippen LogP contribution in [0.2, 0.25) is 0 Å². The zero-order valence-electron chi connectivity index (χ0n) is 24.9. The molecule has 0 N–H and O–H groups in total. The van der Waals surface area contributed by atoms with Crippen LogP contribution in [0.4, 0.5) is 0 Å². The molecule has 0 amide bonds. The van der Waals surface area contributed by atoms with E-state index in [0.717, 1.165) is 0 Å². The first-order chi connectivity index (χ1) is 22.8. The zero-order valence-corrected chi connectivity index (χ0v) is 25.8. The average molecular weight is 602 g/mol. The summed E-state index contributed by atoms with van der Waals surface area (Å²) < 4.78 is 2.49. The minimum absolute atomic E-state index is 1.17. The maximum Gasteiger partial charge on any atom is 0.0619 e. The predicted molar refractivity (Wildman–Crippen MR) is 196 cm³/mol. The van der Waals surface area contributed by atoms with Crippen molar-refractivity contribution in [2.45, 2.75) is 9.79 Å². The Balaban J connectivity index is 1.30. The highest BCUT2D eigenvalue weighted by Gasteiger charge is 2.23. The van der Waals surface area contributed by atoms with E-state index in [1.54, 1.807) is 0 Å². The van der Waals surface area contributed by atoms with E-state index in [1.807, 2.05) is 11.8 Å². The molecule has 1 aromatic heterocycles. The second-order valence-corrected chi connectivity index (χ2v) is 13.1. The van der Waals surface area contributed by atoms with Gasteiger partial charge in [-0.15, -0.1) is 0 Å². The Labute approximate surface area is 271 Å². The van der Waals surface area contributed by atoms with Crippen LogP contribution in [0.5, 0.6) is 0 Å². The number of fused-ring (bicyclic) bond motifs is 7. The lowest BCUT2D eigenvalue weighted by molar-refractivity contribution is 1.19. The monoisotopic (exact) mass is 601 g/mol. The van der Waals surface area contributed by atoms with Gasteiger partial charge in [0.15, 0.2) is 0 Å². The highest BCUT2D eigenvalue weighted by molar-refractivity contribution is 7.99. The summed E-state index contributed by atoms with van der Waals surface area (Å²) in [6.45, 7) is 0. The fourth-order valence-corrected chi connectivity index (χ4v) is 8.78. The normalized spacial score (nSPS) is 12.3. The van der Waals surface area contributed by atoms with E-state index in [0.29, 0.717) is 0 Å². The molecule has 9 aromatic rings. The van der Waals surface area contributed by atoms with Crippen molar-refractivity contribution in [2.75, 3.05) is 0 Å². The molecule has 0 atom stereocenters. The van der Waals surface area contributed by atoms with Crippen molar-refractivity contribution >= 4 is 55.1 Å². The molecule has 1 aliphatic heterocycles. The Morgan fingerprint density at radius 1 is 0.326 bits per heavy atom. The van der Waals surface area contributed by atoms with Gasteiger partial charge in [-0.05, 0) is 62.9 Å². The van der Waals surface area contributed by atoms with Gasteiger partial charge in [0.2, 0.25) is 0 Å². The van der Waals surface area contributed by atoms with Crippen LogP contribution in [0.25, 0.3) is 82.4 Å². The van der Waals surface area contributed by atoms with Gasteiger partial charge in [0, 0.05) is 42.6 Å². The molecular formula is C44H27NS. The molecule has 10 rings (SSSR count). The summed E-state index contributed by atoms with van der Waals surface area (Å²) in [5.41, 5.74) is 11.3. The van der Waals surface area contributed by atoms with E-state index in [4.69, 9.17) is 0 Å². The summed E-state index contributed by atoms with van der Waals surface area (Å²) in [7, 11) is 0. The van der Waals surface area contributed by atoms with Crippen LogP contribution in [0, 0.1) is 0 Å². The van der Waals surface area contributed by atoms with Crippen molar-refractivity contribution in [2.24, 2.45) is 0 Å². The molecule has 2 heteroatoms. The van der Waals surface area contributed by atoms with Gasteiger partial charge in [0.05, 0.1) is 11.0 Å². The molecule has 0 saturated heterocycles. The first kappa shape index (κ1) is 25.7. The topological polar surface area (TPSA) is 4.93 Å². The second kappa shape index (κ2) is 9.97. The Bertz CT molecular complexity index is 2660. The minimum atomic E-state index is 1.17. The molecule has 1 aliphatic rings. The van der Waals surface area contributed by atoms with Gasteiger partial charge in [0.25, 0.3) is 0 Å². The summed E-state index contributed by atoms with van der Waals surface area (Å²) >= 11 is 1.88. The van der Waals surface area contributed by atoms with Gasteiger partial charge in [-0.25, -0.2) is 0 Å². The molecule has 0 unspecified atom stereocenters. The number of aromatic nitrogens is 1. The largest absolute Gasteiger partial charge is 0.308 e. The summed E-state index contributed by atoms with van der Waals surface area (Å²) in [4.78, 5) is 2.65. The summed E-state index contributed by atoms with van der Waals surface area (Å²) in [5, 5.41) is 7.70. The summed E-state index contributed by atoms with van der Waals surface area (Å²) in [5.74, 6) is 0. The van der Waals surface area contributed by atoms with E-state index in [1.165, 1.54) is 92.2 Å². The quantitative estimate of drug-likeness (QED) is 0.195. The number of benzene rings is 8.